The van der Waals surface area contributed by atoms with Gasteiger partial charge in [-0.3, -0.25) is 14.4 Å². The number of hydrogen-bond donors (Lipinski definition) is 0. The summed E-state index contributed by atoms with van der Waals surface area (Å²) in [6.07, 6.45) is 4.87. The fraction of sp³-hybridized carbons (Fsp3) is 0.348. The predicted octanol–water partition coefficient (Wildman–Crippen LogP) is 3.88. The molecule has 0 aliphatic carbocycles. The first kappa shape index (κ1) is 22.1. The zero-order valence-corrected chi connectivity index (χ0v) is 18.5. The van der Waals surface area contributed by atoms with E-state index in [2.05, 4.69) is 9.97 Å². The predicted molar refractivity (Wildman–Crippen MR) is 115 cm³/mol. The van der Waals surface area contributed by atoms with Crippen molar-refractivity contribution >= 4 is 28.6 Å². The molecule has 0 unspecified atom stereocenters. The van der Waals surface area contributed by atoms with Gasteiger partial charge >= 0.3 is 11.9 Å². The van der Waals surface area contributed by atoms with Crippen LogP contribution in [0.5, 0.6) is 5.75 Å². The summed E-state index contributed by atoms with van der Waals surface area (Å²) >= 11 is 0. The largest absolute Gasteiger partial charge is 0.459 e. The Morgan fingerprint density at radius 2 is 1.71 bits per heavy atom. The van der Waals surface area contributed by atoms with Gasteiger partial charge in [0.25, 0.3) is 0 Å². The number of nitrogens with zero attached hydrogens (tertiary/aromatic N) is 3. The van der Waals surface area contributed by atoms with Gasteiger partial charge in [0.2, 0.25) is 0 Å². The molecule has 0 atom stereocenters. The molecule has 8 nitrogen and oxygen atoms in total. The summed E-state index contributed by atoms with van der Waals surface area (Å²) in [7, 11) is 0. The third-order valence-electron chi connectivity index (χ3n) is 4.43. The standard InChI is InChI=1S/C23H25N3O5/c1-13(27)19-11-26(12-22(29)31-23(4,5)6)20-8-21(30-15(3)28)17(7-18(19)20)16-9-24-14(2)25-10-16/h7-11H,12H2,1-6H3. The minimum atomic E-state index is -0.634. The van der Waals surface area contributed by atoms with Crippen LogP contribution >= 0.6 is 0 Å². The lowest BCUT2D eigenvalue weighted by molar-refractivity contribution is -0.155. The number of carbonyl (C=O) groups is 3. The number of ether oxygens (including phenoxy) is 2. The van der Waals surface area contributed by atoms with Crippen LogP contribution in [0.25, 0.3) is 22.0 Å². The molecule has 0 saturated heterocycles. The van der Waals surface area contributed by atoms with Crippen molar-refractivity contribution in [1.29, 1.82) is 0 Å². The quantitative estimate of drug-likeness (QED) is 0.349. The van der Waals surface area contributed by atoms with Gasteiger partial charge in [-0.1, -0.05) is 0 Å². The van der Waals surface area contributed by atoms with E-state index in [4.69, 9.17) is 9.47 Å². The van der Waals surface area contributed by atoms with E-state index in [1.165, 1.54) is 13.8 Å². The van der Waals surface area contributed by atoms with E-state index in [9.17, 15) is 14.4 Å². The minimum Gasteiger partial charge on any atom is -0.459 e. The van der Waals surface area contributed by atoms with Crippen LogP contribution in [0.3, 0.4) is 0 Å². The molecule has 0 N–H and O–H groups in total. The van der Waals surface area contributed by atoms with E-state index >= 15 is 0 Å². The van der Waals surface area contributed by atoms with Gasteiger partial charge in [-0.05, 0) is 40.7 Å². The molecule has 0 fully saturated rings. The van der Waals surface area contributed by atoms with Gasteiger partial charge in [0.05, 0.1) is 5.52 Å². The summed E-state index contributed by atoms with van der Waals surface area (Å²) in [6, 6.07) is 3.40. The Labute approximate surface area is 180 Å². The third kappa shape index (κ3) is 5.14. The summed E-state index contributed by atoms with van der Waals surface area (Å²) in [5, 5.41) is 0.627. The highest BCUT2D eigenvalue weighted by Crippen LogP contribution is 2.36. The lowest BCUT2D eigenvalue weighted by atomic mass is 10.0. The minimum absolute atomic E-state index is 0.0897. The molecule has 2 heterocycles. The van der Waals surface area contributed by atoms with Gasteiger partial charge < -0.3 is 14.0 Å². The van der Waals surface area contributed by atoms with E-state index in [0.717, 1.165) is 0 Å². The van der Waals surface area contributed by atoms with Crippen molar-refractivity contribution in [2.75, 3.05) is 0 Å². The van der Waals surface area contributed by atoms with E-state index < -0.39 is 17.5 Å². The molecule has 3 rings (SSSR count). The molecule has 8 heteroatoms. The first-order chi connectivity index (χ1) is 14.4. The van der Waals surface area contributed by atoms with Crippen molar-refractivity contribution in [3.63, 3.8) is 0 Å². The second-order valence-electron chi connectivity index (χ2n) is 8.29. The summed E-state index contributed by atoms with van der Waals surface area (Å²) in [5.74, 6) is -0.201. The maximum atomic E-state index is 12.4. The molecule has 0 bridgehead atoms. The number of esters is 2. The van der Waals surface area contributed by atoms with Crippen LogP contribution in [0.1, 0.15) is 50.8 Å². The molecule has 1 aromatic carbocycles. The van der Waals surface area contributed by atoms with Crippen molar-refractivity contribution in [2.24, 2.45) is 0 Å². The SMILES string of the molecule is CC(=O)Oc1cc2c(cc1-c1cnc(C)nc1)c(C(C)=O)cn2CC(=O)OC(C)(C)C. The molecule has 0 amide bonds. The van der Waals surface area contributed by atoms with Gasteiger partial charge in [-0.15, -0.1) is 0 Å². The fourth-order valence-corrected chi connectivity index (χ4v) is 3.24. The Kier molecular flexibility index (Phi) is 5.92. The number of benzene rings is 1. The molecule has 0 saturated carbocycles. The van der Waals surface area contributed by atoms with Gasteiger partial charge in [-0.2, -0.15) is 0 Å². The summed E-state index contributed by atoms with van der Waals surface area (Å²) < 4.78 is 12.5. The van der Waals surface area contributed by atoms with Gasteiger partial charge in [0.1, 0.15) is 23.7 Å². The Morgan fingerprint density at radius 1 is 1.06 bits per heavy atom. The van der Waals surface area contributed by atoms with Crippen molar-refractivity contribution in [3.8, 4) is 16.9 Å². The van der Waals surface area contributed by atoms with Crippen molar-refractivity contribution in [2.45, 2.75) is 53.7 Å². The Hall–Kier alpha value is -3.55. The van der Waals surface area contributed by atoms with E-state index in [1.807, 2.05) is 0 Å². The summed E-state index contributed by atoms with van der Waals surface area (Å²) in [6.45, 7) is 9.80. The second kappa shape index (κ2) is 8.29. The van der Waals surface area contributed by atoms with Crippen LogP contribution in [-0.4, -0.2) is 37.9 Å². The lowest BCUT2D eigenvalue weighted by Gasteiger charge is -2.20. The first-order valence-electron chi connectivity index (χ1n) is 9.81. The zero-order chi connectivity index (χ0) is 22.9. The Balaban J connectivity index is 2.19. The highest BCUT2D eigenvalue weighted by atomic mass is 16.6. The maximum Gasteiger partial charge on any atom is 0.326 e. The van der Waals surface area contributed by atoms with E-state index in [-0.39, 0.29) is 18.1 Å². The number of Topliss-reactive ketones (excluding diaryl/α,β-unsaturated/α-hetero) is 1. The molecule has 0 spiro atoms. The Morgan fingerprint density at radius 3 is 2.26 bits per heavy atom. The maximum absolute atomic E-state index is 12.4. The average Bonchev–Trinajstić information content (AvgIpc) is 2.97. The average molecular weight is 423 g/mol. The summed E-state index contributed by atoms with van der Waals surface area (Å²) in [4.78, 5) is 44.9. The number of carbonyl (C=O) groups excluding carboxylic acids is 3. The normalized spacial score (nSPS) is 11.4. The van der Waals surface area contributed by atoms with Gasteiger partial charge in [0.15, 0.2) is 5.78 Å². The van der Waals surface area contributed by atoms with Gasteiger partial charge in [-0.25, -0.2) is 9.97 Å². The molecular weight excluding hydrogens is 398 g/mol. The summed E-state index contributed by atoms with van der Waals surface area (Å²) in [5.41, 5.74) is 1.59. The number of hydrogen-bond acceptors (Lipinski definition) is 7. The highest BCUT2D eigenvalue weighted by Gasteiger charge is 2.21. The molecule has 2 aromatic heterocycles. The number of aryl methyl sites for hydroxylation is 1. The van der Waals surface area contributed by atoms with Crippen molar-refractivity contribution in [3.05, 3.63) is 42.1 Å². The molecule has 162 valence electrons. The molecule has 3 aromatic rings. The number of fused-ring (bicyclic) bond motifs is 1. The number of rotatable bonds is 5. The molecular formula is C23H25N3O5. The van der Waals surface area contributed by atoms with Crippen molar-refractivity contribution < 1.29 is 23.9 Å². The third-order valence-corrected chi connectivity index (χ3v) is 4.43. The van der Waals surface area contributed by atoms with Crippen molar-refractivity contribution in [1.82, 2.24) is 14.5 Å². The van der Waals surface area contributed by atoms with Crippen LogP contribution in [0.4, 0.5) is 0 Å². The van der Waals surface area contributed by atoms with Crippen LogP contribution in [-0.2, 0) is 20.9 Å². The smallest absolute Gasteiger partial charge is 0.326 e. The van der Waals surface area contributed by atoms with Crippen LogP contribution < -0.4 is 4.74 Å². The second-order valence-corrected chi connectivity index (χ2v) is 8.29. The number of ketones is 1. The first-order valence-corrected chi connectivity index (χ1v) is 9.81. The van der Waals surface area contributed by atoms with E-state index in [0.29, 0.717) is 33.4 Å². The van der Waals surface area contributed by atoms with Crippen LogP contribution in [0, 0.1) is 6.92 Å². The van der Waals surface area contributed by atoms with Gasteiger partial charge in [0, 0.05) is 53.7 Å². The van der Waals surface area contributed by atoms with E-state index in [1.54, 1.807) is 63.0 Å². The topological polar surface area (TPSA) is 100 Å². The fourth-order valence-electron chi connectivity index (χ4n) is 3.24. The zero-order valence-electron chi connectivity index (χ0n) is 18.5. The molecule has 0 radical (unpaired) electrons. The van der Waals surface area contributed by atoms with Crippen LogP contribution in [0.2, 0.25) is 0 Å². The molecule has 31 heavy (non-hydrogen) atoms. The molecule has 0 aliphatic heterocycles. The Bertz CT molecular complexity index is 1170. The lowest BCUT2D eigenvalue weighted by Crippen LogP contribution is -2.26. The molecule has 0 aliphatic rings. The monoisotopic (exact) mass is 423 g/mol. The number of aromatic nitrogens is 3. The van der Waals surface area contributed by atoms with Crippen LogP contribution in [0.15, 0.2) is 30.7 Å². The highest BCUT2D eigenvalue weighted by molar-refractivity contribution is 6.09.